The van der Waals surface area contributed by atoms with Crippen LogP contribution in [0.25, 0.3) is 0 Å². The predicted molar refractivity (Wildman–Crippen MR) is 43.8 cm³/mol. The summed E-state index contributed by atoms with van der Waals surface area (Å²) in [6.07, 6.45) is 1.45. The summed E-state index contributed by atoms with van der Waals surface area (Å²) in [4.78, 5) is 17.7. The summed E-state index contributed by atoms with van der Waals surface area (Å²) in [5.74, 6) is 0. The molecule has 0 aliphatic carbocycles. The van der Waals surface area contributed by atoms with Crippen molar-refractivity contribution in [1.29, 1.82) is 0 Å². The molecule has 1 N–H and O–H groups in total. The maximum absolute atomic E-state index is 11.1. The Hall–Kier alpha value is -0.730. The van der Waals surface area contributed by atoms with E-state index in [9.17, 15) is 4.79 Å². The molecule has 58 valence electrons. The third kappa shape index (κ3) is 1.08. The highest BCUT2D eigenvalue weighted by Crippen LogP contribution is 2.19. The normalized spacial score (nSPS) is 16.8. The van der Waals surface area contributed by atoms with Gasteiger partial charge in [-0.05, 0) is 0 Å². The zero-order chi connectivity index (χ0) is 7.84. The van der Waals surface area contributed by atoms with Gasteiger partial charge in [-0.2, -0.15) is 0 Å². The van der Waals surface area contributed by atoms with Crippen LogP contribution >= 0.6 is 9.39 Å². The van der Waals surface area contributed by atoms with Crippen molar-refractivity contribution in [3.63, 3.8) is 0 Å². The number of hydrogen-bond acceptors (Lipinski definition) is 3. The van der Waals surface area contributed by atoms with Crippen LogP contribution in [0.4, 0.5) is 0 Å². The van der Waals surface area contributed by atoms with Crippen molar-refractivity contribution in [2.24, 2.45) is 0 Å². The number of hydrogen-bond donors (Lipinski definition) is 1. The number of aromatic nitrogens is 2. The van der Waals surface area contributed by atoms with E-state index in [1.54, 1.807) is 0 Å². The van der Waals surface area contributed by atoms with Crippen LogP contribution in [0, 0.1) is 0 Å². The summed E-state index contributed by atoms with van der Waals surface area (Å²) in [6, 6.07) is 0. The number of fused-ring (bicyclic) bond motifs is 1. The van der Waals surface area contributed by atoms with Crippen LogP contribution in [0.2, 0.25) is 0 Å². The molecule has 2 heterocycles. The minimum absolute atomic E-state index is 0.0139. The van der Waals surface area contributed by atoms with Crippen LogP contribution < -0.4 is 5.56 Å². The highest BCUT2D eigenvalue weighted by atomic mass is 31.0. The molecule has 2 rings (SSSR count). The molecule has 0 bridgehead atoms. The molecule has 1 aliphatic heterocycles. The van der Waals surface area contributed by atoms with Crippen LogP contribution in [0.5, 0.6) is 0 Å². The lowest BCUT2D eigenvalue weighted by Gasteiger charge is -2.01. The minimum atomic E-state index is -0.0139. The Morgan fingerprint density at radius 2 is 2.45 bits per heavy atom. The van der Waals surface area contributed by atoms with E-state index in [0.717, 1.165) is 17.8 Å². The Bertz CT molecular complexity index is 335. The molecule has 5 heteroatoms. The highest BCUT2D eigenvalue weighted by Gasteiger charge is 2.19. The van der Waals surface area contributed by atoms with Crippen molar-refractivity contribution >= 4 is 9.39 Å². The van der Waals surface area contributed by atoms with Gasteiger partial charge in [-0.25, -0.2) is 4.98 Å². The molecule has 0 saturated carbocycles. The predicted octanol–water partition coefficient (Wildman–Crippen LogP) is -0.124. The molecule has 1 atom stereocenters. The molecule has 0 fully saturated rings. The average molecular weight is 169 g/mol. The summed E-state index contributed by atoms with van der Waals surface area (Å²) in [5.41, 5.74) is 1.67. The van der Waals surface area contributed by atoms with Gasteiger partial charge >= 0.3 is 0 Å². The standard InChI is InChI=1S/C6H8N3OP/c10-6-4-1-9(11)2-5(4)7-3-8-6/h3H,1-2,11H2,(H,7,8,10). The number of nitrogens with one attached hydrogen (secondary N) is 1. The number of rotatable bonds is 0. The molecule has 1 aromatic heterocycles. The van der Waals surface area contributed by atoms with Gasteiger partial charge in [-0.3, -0.25) is 9.46 Å². The SMILES string of the molecule is O=c1[nH]cnc2c1CN(P)C2. The highest BCUT2D eigenvalue weighted by molar-refractivity contribution is 7.13. The van der Waals surface area contributed by atoms with E-state index in [0.29, 0.717) is 6.54 Å². The minimum Gasteiger partial charge on any atom is -0.313 e. The van der Waals surface area contributed by atoms with Gasteiger partial charge < -0.3 is 4.98 Å². The molecule has 0 radical (unpaired) electrons. The lowest BCUT2D eigenvalue weighted by atomic mass is 10.3. The second kappa shape index (κ2) is 2.40. The van der Waals surface area contributed by atoms with Gasteiger partial charge in [0.1, 0.15) is 0 Å². The summed E-state index contributed by atoms with van der Waals surface area (Å²) in [7, 11) is 2.56. The molecule has 0 amide bonds. The molecular formula is C6H8N3OP. The summed E-state index contributed by atoms with van der Waals surface area (Å²) < 4.78 is 1.98. The Balaban J connectivity index is 2.58. The van der Waals surface area contributed by atoms with E-state index in [4.69, 9.17) is 0 Å². The fraction of sp³-hybridized carbons (Fsp3) is 0.333. The van der Waals surface area contributed by atoms with E-state index in [2.05, 4.69) is 19.4 Å². The van der Waals surface area contributed by atoms with E-state index >= 15 is 0 Å². The van der Waals surface area contributed by atoms with E-state index in [-0.39, 0.29) is 5.56 Å². The molecule has 1 aromatic rings. The van der Waals surface area contributed by atoms with Crippen molar-refractivity contribution in [2.45, 2.75) is 13.1 Å². The zero-order valence-electron chi connectivity index (χ0n) is 5.87. The molecular weight excluding hydrogens is 161 g/mol. The first-order valence-corrected chi connectivity index (χ1v) is 3.84. The average Bonchev–Trinajstić information content (AvgIpc) is 2.31. The topological polar surface area (TPSA) is 49.0 Å². The van der Waals surface area contributed by atoms with Gasteiger partial charge in [0.05, 0.1) is 17.6 Å². The van der Waals surface area contributed by atoms with E-state index < -0.39 is 0 Å². The summed E-state index contributed by atoms with van der Waals surface area (Å²) in [6.45, 7) is 1.44. The van der Waals surface area contributed by atoms with Crippen LogP contribution in [-0.2, 0) is 13.1 Å². The van der Waals surface area contributed by atoms with Crippen molar-refractivity contribution in [3.8, 4) is 0 Å². The van der Waals surface area contributed by atoms with Crippen molar-refractivity contribution < 1.29 is 0 Å². The third-order valence-corrected chi connectivity index (χ3v) is 2.12. The number of nitrogens with zero attached hydrogens (tertiary/aromatic N) is 2. The van der Waals surface area contributed by atoms with Crippen molar-refractivity contribution in [1.82, 2.24) is 14.6 Å². The molecule has 1 aliphatic rings. The first-order valence-electron chi connectivity index (χ1n) is 3.32. The Labute approximate surface area is 65.9 Å². The molecule has 4 nitrogen and oxygen atoms in total. The smallest absolute Gasteiger partial charge is 0.255 e. The third-order valence-electron chi connectivity index (χ3n) is 1.75. The van der Waals surface area contributed by atoms with Crippen LogP contribution in [0.3, 0.4) is 0 Å². The summed E-state index contributed by atoms with van der Waals surface area (Å²) >= 11 is 0. The van der Waals surface area contributed by atoms with Gasteiger partial charge in [-0.1, -0.05) is 9.39 Å². The zero-order valence-corrected chi connectivity index (χ0v) is 7.03. The Morgan fingerprint density at radius 1 is 1.64 bits per heavy atom. The van der Waals surface area contributed by atoms with Crippen LogP contribution in [0.1, 0.15) is 11.3 Å². The van der Waals surface area contributed by atoms with E-state index in [1.165, 1.54) is 6.33 Å². The Kier molecular flexibility index (Phi) is 1.51. The first-order chi connectivity index (χ1) is 5.27. The molecule has 11 heavy (non-hydrogen) atoms. The summed E-state index contributed by atoms with van der Waals surface area (Å²) in [5, 5.41) is 0. The van der Waals surface area contributed by atoms with Crippen LogP contribution in [-0.4, -0.2) is 14.6 Å². The number of H-pyrrole nitrogens is 1. The molecule has 0 aromatic carbocycles. The van der Waals surface area contributed by atoms with Crippen molar-refractivity contribution in [3.05, 3.63) is 27.9 Å². The lowest BCUT2D eigenvalue weighted by Crippen LogP contribution is -2.12. The fourth-order valence-corrected chi connectivity index (χ4v) is 1.57. The van der Waals surface area contributed by atoms with Crippen LogP contribution in [0.15, 0.2) is 11.1 Å². The van der Waals surface area contributed by atoms with E-state index in [1.807, 2.05) is 4.67 Å². The van der Waals surface area contributed by atoms with Gasteiger partial charge in [0.2, 0.25) is 0 Å². The largest absolute Gasteiger partial charge is 0.313 e. The number of aromatic amines is 1. The maximum Gasteiger partial charge on any atom is 0.255 e. The first kappa shape index (κ1) is 6.95. The molecule has 0 spiro atoms. The van der Waals surface area contributed by atoms with Gasteiger partial charge in [0.25, 0.3) is 5.56 Å². The quantitative estimate of drug-likeness (QED) is 0.550. The second-order valence-corrected chi connectivity index (χ2v) is 3.29. The monoisotopic (exact) mass is 169 g/mol. The second-order valence-electron chi connectivity index (χ2n) is 2.56. The fourth-order valence-electron chi connectivity index (χ4n) is 1.22. The lowest BCUT2D eigenvalue weighted by molar-refractivity contribution is 0.504. The van der Waals surface area contributed by atoms with Gasteiger partial charge in [-0.15, -0.1) is 0 Å². The van der Waals surface area contributed by atoms with Gasteiger partial charge in [0.15, 0.2) is 0 Å². The molecule has 0 saturated heterocycles. The molecule has 1 unspecified atom stereocenters. The Morgan fingerprint density at radius 3 is 3.18 bits per heavy atom. The maximum atomic E-state index is 11.1. The van der Waals surface area contributed by atoms with Gasteiger partial charge in [0, 0.05) is 13.1 Å². The van der Waals surface area contributed by atoms with Crippen molar-refractivity contribution in [2.75, 3.05) is 0 Å².